The van der Waals surface area contributed by atoms with Crippen molar-refractivity contribution in [2.24, 2.45) is 0 Å². The Morgan fingerprint density at radius 2 is 1.83 bits per heavy atom. The van der Waals surface area contributed by atoms with E-state index in [1.165, 1.54) is 0 Å². The number of para-hydroxylation sites is 1. The van der Waals surface area contributed by atoms with Gasteiger partial charge in [-0.2, -0.15) is 0 Å². The van der Waals surface area contributed by atoms with Crippen LogP contribution in [0.2, 0.25) is 0 Å². The van der Waals surface area contributed by atoms with E-state index in [0.717, 1.165) is 0 Å². The van der Waals surface area contributed by atoms with Crippen LogP contribution in [0.5, 0.6) is 5.75 Å². The van der Waals surface area contributed by atoms with Crippen LogP contribution in [0.25, 0.3) is 0 Å². The Kier molecular flexibility index (Phi) is 6.79. The second-order valence-electron chi connectivity index (χ2n) is 4.98. The number of rotatable bonds is 8. The van der Waals surface area contributed by atoms with E-state index in [-0.39, 0.29) is 18.4 Å². The molecular weight excluding hydrogens is 308 g/mol. The first-order valence-corrected chi connectivity index (χ1v) is 7.54. The summed E-state index contributed by atoms with van der Waals surface area (Å²) < 4.78 is 10.3. The number of hydrogen-bond donors (Lipinski definition) is 2. The van der Waals surface area contributed by atoms with E-state index in [9.17, 15) is 9.59 Å². The molecule has 0 aliphatic carbocycles. The number of carbonyl (C=O) groups is 2. The third-order valence-corrected chi connectivity index (χ3v) is 3.11. The number of ether oxygens (including phenoxy) is 2. The molecule has 0 aliphatic heterocycles. The zero-order valence-electron chi connectivity index (χ0n) is 13.5. The van der Waals surface area contributed by atoms with Gasteiger partial charge in [0.15, 0.2) is 6.61 Å². The standard InChI is InChI=1S/C18H20N2O4/c1-23-11-10-19-18(22)14-6-5-7-15(12-14)20-17(21)13-24-16-8-3-2-4-9-16/h2-9,12H,10-11,13H2,1H3,(H,19,22)(H,20,21). The first-order valence-electron chi connectivity index (χ1n) is 7.54. The molecule has 6 heteroatoms. The summed E-state index contributed by atoms with van der Waals surface area (Å²) in [5, 5.41) is 5.43. The first-order chi connectivity index (χ1) is 11.7. The molecule has 2 N–H and O–H groups in total. The highest BCUT2D eigenvalue weighted by Crippen LogP contribution is 2.12. The van der Waals surface area contributed by atoms with Crippen LogP contribution >= 0.6 is 0 Å². The number of anilines is 1. The van der Waals surface area contributed by atoms with Crippen molar-refractivity contribution < 1.29 is 19.1 Å². The predicted octanol–water partition coefficient (Wildman–Crippen LogP) is 2.08. The lowest BCUT2D eigenvalue weighted by atomic mass is 10.2. The van der Waals surface area contributed by atoms with Gasteiger partial charge < -0.3 is 20.1 Å². The van der Waals surface area contributed by atoms with Crippen molar-refractivity contribution in [3.63, 3.8) is 0 Å². The van der Waals surface area contributed by atoms with Crippen molar-refractivity contribution in [3.8, 4) is 5.75 Å². The van der Waals surface area contributed by atoms with E-state index >= 15 is 0 Å². The third-order valence-electron chi connectivity index (χ3n) is 3.11. The summed E-state index contributed by atoms with van der Waals surface area (Å²) in [6.45, 7) is 0.768. The first kappa shape index (κ1) is 17.5. The number of benzene rings is 2. The summed E-state index contributed by atoms with van der Waals surface area (Å²) in [5.41, 5.74) is 1.00. The molecule has 0 aliphatic rings. The lowest BCUT2D eigenvalue weighted by Crippen LogP contribution is -2.27. The number of methoxy groups -OCH3 is 1. The molecule has 2 aromatic rings. The van der Waals surface area contributed by atoms with Gasteiger partial charge in [0.1, 0.15) is 5.75 Å². The average Bonchev–Trinajstić information content (AvgIpc) is 2.61. The average molecular weight is 328 g/mol. The van der Waals surface area contributed by atoms with Crippen LogP contribution in [0, 0.1) is 0 Å². The molecule has 0 heterocycles. The Balaban J connectivity index is 1.86. The zero-order valence-corrected chi connectivity index (χ0v) is 13.5. The lowest BCUT2D eigenvalue weighted by molar-refractivity contribution is -0.118. The van der Waals surface area contributed by atoms with Gasteiger partial charge in [0, 0.05) is 24.9 Å². The molecule has 0 aromatic heterocycles. The van der Waals surface area contributed by atoms with Gasteiger partial charge in [-0.3, -0.25) is 9.59 Å². The molecule has 0 saturated carbocycles. The number of amides is 2. The molecule has 0 atom stereocenters. The fourth-order valence-electron chi connectivity index (χ4n) is 1.97. The van der Waals surface area contributed by atoms with Crippen LogP contribution in [0.15, 0.2) is 54.6 Å². The molecule has 0 bridgehead atoms. The quantitative estimate of drug-likeness (QED) is 0.728. The van der Waals surface area contributed by atoms with E-state index < -0.39 is 0 Å². The van der Waals surface area contributed by atoms with Gasteiger partial charge >= 0.3 is 0 Å². The van der Waals surface area contributed by atoms with E-state index in [4.69, 9.17) is 9.47 Å². The van der Waals surface area contributed by atoms with Crippen LogP contribution in [0.4, 0.5) is 5.69 Å². The summed E-state index contributed by atoms with van der Waals surface area (Å²) >= 11 is 0. The van der Waals surface area contributed by atoms with Crippen molar-refractivity contribution in [1.82, 2.24) is 5.32 Å². The molecule has 6 nitrogen and oxygen atoms in total. The molecule has 0 spiro atoms. The molecular formula is C18H20N2O4. The maximum absolute atomic E-state index is 12.0. The molecule has 0 radical (unpaired) electrons. The highest BCUT2D eigenvalue weighted by atomic mass is 16.5. The van der Waals surface area contributed by atoms with E-state index in [1.807, 2.05) is 18.2 Å². The topological polar surface area (TPSA) is 76.7 Å². The van der Waals surface area contributed by atoms with Gasteiger partial charge in [-0.05, 0) is 30.3 Å². The Hall–Kier alpha value is -2.86. The van der Waals surface area contributed by atoms with Gasteiger partial charge in [0.2, 0.25) is 0 Å². The van der Waals surface area contributed by atoms with E-state index in [2.05, 4.69) is 10.6 Å². The summed E-state index contributed by atoms with van der Waals surface area (Å²) in [6, 6.07) is 15.8. The second-order valence-corrected chi connectivity index (χ2v) is 4.98. The lowest BCUT2D eigenvalue weighted by Gasteiger charge is -2.09. The van der Waals surface area contributed by atoms with Crippen molar-refractivity contribution in [2.75, 3.05) is 32.2 Å². The van der Waals surface area contributed by atoms with Crippen LogP contribution < -0.4 is 15.4 Å². The number of nitrogens with one attached hydrogen (secondary N) is 2. The minimum Gasteiger partial charge on any atom is -0.484 e. The highest BCUT2D eigenvalue weighted by Gasteiger charge is 2.08. The van der Waals surface area contributed by atoms with Crippen molar-refractivity contribution in [2.45, 2.75) is 0 Å². The van der Waals surface area contributed by atoms with Gasteiger partial charge in [-0.15, -0.1) is 0 Å². The van der Waals surface area contributed by atoms with E-state index in [1.54, 1.807) is 43.5 Å². The van der Waals surface area contributed by atoms with Crippen LogP contribution in [-0.2, 0) is 9.53 Å². The maximum atomic E-state index is 12.0. The summed E-state index contributed by atoms with van der Waals surface area (Å²) in [6.07, 6.45) is 0. The summed E-state index contributed by atoms with van der Waals surface area (Å²) in [5.74, 6) is 0.110. The molecule has 0 saturated heterocycles. The third kappa shape index (κ3) is 5.73. The monoisotopic (exact) mass is 328 g/mol. The molecule has 2 amide bonds. The van der Waals surface area contributed by atoms with Crippen LogP contribution in [0.1, 0.15) is 10.4 Å². The Morgan fingerprint density at radius 1 is 1.04 bits per heavy atom. The molecule has 24 heavy (non-hydrogen) atoms. The maximum Gasteiger partial charge on any atom is 0.262 e. The van der Waals surface area contributed by atoms with Crippen LogP contribution in [0.3, 0.4) is 0 Å². The minimum atomic E-state index is -0.296. The number of hydrogen-bond acceptors (Lipinski definition) is 4. The van der Waals surface area contributed by atoms with Gasteiger partial charge in [0.25, 0.3) is 11.8 Å². The zero-order chi connectivity index (χ0) is 17.2. The minimum absolute atomic E-state index is 0.103. The summed E-state index contributed by atoms with van der Waals surface area (Å²) in [4.78, 5) is 23.9. The van der Waals surface area contributed by atoms with Crippen molar-refractivity contribution in [1.29, 1.82) is 0 Å². The van der Waals surface area contributed by atoms with Crippen molar-refractivity contribution >= 4 is 17.5 Å². The molecule has 0 fully saturated rings. The predicted molar refractivity (Wildman–Crippen MR) is 91.2 cm³/mol. The molecule has 2 rings (SSSR count). The van der Waals surface area contributed by atoms with Crippen molar-refractivity contribution in [3.05, 3.63) is 60.2 Å². The molecule has 126 valence electrons. The Labute approximate surface area is 140 Å². The number of carbonyl (C=O) groups excluding carboxylic acids is 2. The fraction of sp³-hybridized carbons (Fsp3) is 0.222. The molecule has 0 unspecified atom stereocenters. The highest BCUT2D eigenvalue weighted by molar-refractivity contribution is 5.97. The summed E-state index contributed by atoms with van der Waals surface area (Å²) in [7, 11) is 1.57. The second kappa shape index (κ2) is 9.32. The smallest absolute Gasteiger partial charge is 0.262 e. The van der Waals surface area contributed by atoms with Crippen LogP contribution in [-0.4, -0.2) is 38.7 Å². The SMILES string of the molecule is COCCNC(=O)c1cccc(NC(=O)COc2ccccc2)c1. The van der Waals surface area contributed by atoms with E-state index in [0.29, 0.717) is 30.2 Å². The Morgan fingerprint density at radius 3 is 2.58 bits per heavy atom. The Bertz CT molecular complexity index is 674. The van der Waals surface area contributed by atoms with Gasteiger partial charge in [-0.1, -0.05) is 24.3 Å². The molecule has 2 aromatic carbocycles. The van der Waals surface area contributed by atoms with Gasteiger partial charge in [0.05, 0.1) is 6.61 Å². The fourth-order valence-corrected chi connectivity index (χ4v) is 1.97. The van der Waals surface area contributed by atoms with Gasteiger partial charge in [-0.25, -0.2) is 0 Å². The largest absolute Gasteiger partial charge is 0.484 e. The normalized spacial score (nSPS) is 10.0.